The molecular formula is C21H24ClNO6S. The van der Waals surface area contributed by atoms with Crippen LogP contribution in [0.15, 0.2) is 41.3 Å². The van der Waals surface area contributed by atoms with Gasteiger partial charge in [0.05, 0.1) is 28.3 Å². The van der Waals surface area contributed by atoms with Crippen LogP contribution in [0.5, 0.6) is 5.75 Å². The highest BCUT2D eigenvalue weighted by atomic mass is 35.5. The zero-order chi connectivity index (χ0) is 22.7. The molecule has 162 valence electrons. The van der Waals surface area contributed by atoms with Gasteiger partial charge in [-0.15, -0.1) is 0 Å². The first-order chi connectivity index (χ1) is 13.8. The van der Waals surface area contributed by atoms with Crippen molar-refractivity contribution < 1.29 is 27.5 Å². The summed E-state index contributed by atoms with van der Waals surface area (Å²) in [6.45, 7) is 5.57. The highest BCUT2D eigenvalue weighted by molar-refractivity contribution is 7.90. The van der Waals surface area contributed by atoms with E-state index in [1.165, 1.54) is 19.2 Å². The lowest BCUT2D eigenvalue weighted by Crippen LogP contribution is -2.22. The van der Waals surface area contributed by atoms with Crippen molar-refractivity contribution >= 4 is 39.0 Å². The van der Waals surface area contributed by atoms with Gasteiger partial charge in [0, 0.05) is 6.26 Å². The molecule has 1 amide bonds. The summed E-state index contributed by atoms with van der Waals surface area (Å²) in [6, 6.07) is 9.20. The second-order valence-corrected chi connectivity index (χ2v) is 10.1. The summed E-state index contributed by atoms with van der Waals surface area (Å²) in [5.41, 5.74) is 1.28. The van der Waals surface area contributed by atoms with E-state index in [0.717, 1.165) is 17.9 Å². The van der Waals surface area contributed by atoms with Gasteiger partial charge in [-0.1, -0.05) is 38.4 Å². The Kier molecular flexibility index (Phi) is 7.15. The van der Waals surface area contributed by atoms with E-state index in [-0.39, 0.29) is 20.9 Å². The number of sulfone groups is 1. The van der Waals surface area contributed by atoms with Gasteiger partial charge in [-0.2, -0.15) is 0 Å². The van der Waals surface area contributed by atoms with Crippen LogP contribution in [0.25, 0.3) is 0 Å². The maximum atomic E-state index is 12.3. The number of carbonyl (C=O) groups excluding carboxylic acids is 2. The van der Waals surface area contributed by atoms with Gasteiger partial charge in [-0.3, -0.25) is 4.79 Å². The van der Waals surface area contributed by atoms with Crippen molar-refractivity contribution in [1.29, 1.82) is 0 Å². The average molecular weight is 454 g/mol. The molecule has 0 fully saturated rings. The molecular weight excluding hydrogens is 430 g/mol. The number of rotatable bonds is 6. The van der Waals surface area contributed by atoms with Crippen LogP contribution in [0.2, 0.25) is 5.02 Å². The Morgan fingerprint density at radius 1 is 1.10 bits per heavy atom. The minimum Gasteiger partial charge on any atom is -0.495 e. The highest BCUT2D eigenvalue weighted by Gasteiger charge is 2.19. The van der Waals surface area contributed by atoms with Gasteiger partial charge in [0.2, 0.25) is 0 Å². The van der Waals surface area contributed by atoms with Crippen LogP contribution in [0.3, 0.4) is 0 Å². The first-order valence-corrected chi connectivity index (χ1v) is 11.2. The number of methoxy groups -OCH3 is 1. The summed E-state index contributed by atoms with van der Waals surface area (Å²) < 4.78 is 33.8. The third-order valence-electron chi connectivity index (χ3n) is 4.24. The number of halogens is 1. The molecule has 1 N–H and O–H groups in total. The van der Waals surface area contributed by atoms with Crippen molar-refractivity contribution in [2.75, 3.05) is 25.3 Å². The van der Waals surface area contributed by atoms with Crippen LogP contribution in [-0.4, -0.2) is 40.3 Å². The molecule has 0 aromatic heterocycles. The van der Waals surface area contributed by atoms with Crippen molar-refractivity contribution in [3.8, 4) is 5.75 Å². The van der Waals surface area contributed by atoms with Gasteiger partial charge < -0.3 is 14.8 Å². The van der Waals surface area contributed by atoms with E-state index < -0.39 is 28.3 Å². The Morgan fingerprint density at radius 2 is 1.77 bits per heavy atom. The van der Waals surface area contributed by atoms with Gasteiger partial charge in [-0.05, 0) is 41.3 Å². The molecule has 0 saturated carbocycles. The molecule has 2 rings (SSSR count). The fourth-order valence-corrected chi connectivity index (χ4v) is 3.89. The van der Waals surface area contributed by atoms with Gasteiger partial charge in [-0.25, -0.2) is 13.2 Å². The lowest BCUT2D eigenvalue weighted by molar-refractivity contribution is -0.119. The van der Waals surface area contributed by atoms with Crippen molar-refractivity contribution in [1.82, 2.24) is 0 Å². The zero-order valence-electron chi connectivity index (χ0n) is 17.4. The fourth-order valence-electron chi connectivity index (χ4n) is 2.59. The summed E-state index contributed by atoms with van der Waals surface area (Å²) in [5.74, 6) is -0.940. The Hall–Kier alpha value is -2.58. The Morgan fingerprint density at radius 3 is 2.33 bits per heavy atom. The quantitative estimate of drug-likeness (QED) is 0.667. The molecule has 0 bridgehead atoms. The highest BCUT2D eigenvalue weighted by Crippen LogP contribution is 2.31. The van der Waals surface area contributed by atoms with E-state index in [1.807, 2.05) is 26.8 Å². The molecule has 0 radical (unpaired) electrons. The molecule has 0 saturated heterocycles. The van der Waals surface area contributed by atoms with Crippen molar-refractivity contribution in [3.63, 3.8) is 0 Å². The number of hydrogen-bond donors (Lipinski definition) is 1. The SMILES string of the molecule is COc1ccc(C(C)(C)C)cc1NC(=O)COC(=O)c1ccc(Cl)c(S(C)(=O)=O)c1. The number of esters is 1. The Balaban J connectivity index is 2.11. The smallest absolute Gasteiger partial charge is 0.338 e. The van der Waals surface area contributed by atoms with Crippen LogP contribution in [0, 0.1) is 0 Å². The molecule has 0 aliphatic heterocycles. The van der Waals surface area contributed by atoms with Crippen LogP contribution < -0.4 is 10.1 Å². The summed E-state index contributed by atoms with van der Waals surface area (Å²) in [5, 5.41) is 2.67. The van der Waals surface area contributed by atoms with Crippen LogP contribution in [0.4, 0.5) is 5.69 Å². The topological polar surface area (TPSA) is 98.8 Å². The predicted molar refractivity (Wildman–Crippen MR) is 115 cm³/mol. The van der Waals surface area contributed by atoms with Crippen LogP contribution >= 0.6 is 11.6 Å². The minimum absolute atomic E-state index is 0.00221. The molecule has 0 spiro atoms. The molecule has 0 aliphatic carbocycles. The number of amides is 1. The first-order valence-electron chi connectivity index (χ1n) is 8.98. The fraction of sp³-hybridized carbons (Fsp3) is 0.333. The maximum absolute atomic E-state index is 12.3. The largest absolute Gasteiger partial charge is 0.495 e. The number of nitrogens with one attached hydrogen (secondary N) is 1. The third kappa shape index (κ3) is 5.96. The van der Waals surface area contributed by atoms with E-state index in [9.17, 15) is 18.0 Å². The molecule has 7 nitrogen and oxygen atoms in total. The van der Waals surface area contributed by atoms with E-state index in [4.69, 9.17) is 21.1 Å². The summed E-state index contributed by atoms with van der Waals surface area (Å²) in [7, 11) is -2.13. The molecule has 30 heavy (non-hydrogen) atoms. The lowest BCUT2D eigenvalue weighted by Gasteiger charge is -2.21. The number of anilines is 1. The normalized spacial score (nSPS) is 11.7. The predicted octanol–water partition coefficient (Wildman–Crippen LogP) is 3.85. The summed E-state index contributed by atoms with van der Waals surface area (Å²) in [6.07, 6.45) is 0.982. The molecule has 0 unspecified atom stereocenters. The van der Waals surface area contributed by atoms with Crippen LogP contribution in [-0.2, 0) is 24.8 Å². The molecule has 9 heteroatoms. The summed E-state index contributed by atoms with van der Waals surface area (Å²) >= 11 is 5.87. The van der Waals surface area contributed by atoms with Gasteiger partial charge in [0.15, 0.2) is 16.4 Å². The second kappa shape index (κ2) is 9.06. The van der Waals surface area contributed by atoms with E-state index >= 15 is 0 Å². The molecule has 0 heterocycles. The summed E-state index contributed by atoms with van der Waals surface area (Å²) in [4.78, 5) is 24.3. The lowest BCUT2D eigenvalue weighted by atomic mass is 9.87. The van der Waals surface area contributed by atoms with Crippen LogP contribution in [0.1, 0.15) is 36.7 Å². The minimum atomic E-state index is -3.62. The second-order valence-electron chi connectivity index (χ2n) is 7.71. The van der Waals surface area contributed by atoms with Gasteiger partial charge in [0.1, 0.15) is 5.75 Å². The first kappa shape index (κ1) is 23.7. The number of carbonyl (C=O) groups is 2. The molecule has 2 aromatic rings. The van der Waals surface area contributed by atoms with E-state index in [0.29, 0.717) is 11.4 Å². The van der Waals surface area contributed by atoms with Gasteiger partial charge in [0.25, 0.3) is 5.91 Å². The molecule has 2 aromatic carbocycles. The monoisotopic (exact) mass is 453 g/mol. The van der Waals surface area contributed by atoms with Crippen molar-refractivity contribution in [2.45, 2.75) is 31.1 Å². The molecule has 0 atom stereocenters. The standard InChI is InChI=1S/C21H24ClNO6S/c1-21(2,3)14-7-9-17(28-4)16(11-14)23-19(24)12-29-20(25)13-6-8-15(22)18(10-13)30(5,26)27/h6-11H,12H2,1-5H3,(H,23,24). The zero-order valence-corrected chi connectivity index (χ0v) is 19.0. The van der Waals surface area contributed by atoms with E-state index in [1.54, 1.807) is 12.1 Å². The maximum Gasteiger partial charge on any atom is 0.338 e. The number of ether oxygens (including phenoxy) is 2. The third-order valence-corrected chi connectivity index (χ3v) is 5.82. The van der Waals surface area contributed by atoms with E-state index in [2.05, 4.69) is 5.32 Å². The number of benzene rings is 2. The molecule has 0 aliphatic rings. The Labute approximate surface area is 181 Å². The number of hydrogen-bond acceptors (Lipinski definition) is 6. The van der Waals surface area contributed by atoms with Crippen molar-refractivity contribution in [3.05, 3.63) is 52.5 Å². The van der Waals surface area contributed by atoms with Gasteiger partial charge >= 0.3 is 5.97 Å². The Bertz CT molecular complexity index is 1070. The van der Waals surface area contributed by atoms with Crippen molar-refractivity contribution in [2.24, 2.45) is 0 Å². The average Bonchev–Trinajstić information content (AvgIpc) is 2.64.